The Labute approximate surface area is 150 Å². The maximum Gasteiger partial charge on any atom is 0.434 e. The molecule has 0 aliphatic heterocycles. The molecule has 0 spiro atoms. The van der Waals surface area contributed by atoms with Crippen LogP contribution in [0.4, 0.5) is 13.2 Å². The lowest BCUT2D eigenvalue weighted by Crippen LogP contribution is -2.19. The summed E-state index contributed by atoms with van der Waals surface area (Å²) >= 11 is 0. The van der Waals surface area contributed by atoms with Gasteiger partial charge in [0.05, 0.1) is 5.56 Å². The second-order valence-electron chi connectivity index (χ2n) is 5.35. The molecule has 0 saturated carbocycles. The van der Waals surface area contributed by atoms with Gasteiger partial charge in [0, 0.05) is 11.6 Å². The lowest BCUT2D eigenvalue weighted by molar-refractivity contribution is -0.141. The maximum absolute atomic E-state index is 13.4. The van der Waals surface area contributed by atoms with Gasteiger partial charge in [-0.25, -0.2) is 14.6 Å². The summed E-state index contributed by atoms with van der Waals surface area (Å²) in [5.74, 6) is -0.955. The van der Waals surface area contributed by atoms with E-state index in [1.807, 2.05) is 0 Å². The van der Waals surface area contributed by atoms with Gasteiger partial charge in [-0.2, -0.15) is 18.3 Å². The number of ketones is 1. The van der Waals surface area contributed by atoms with E-state index in [1.165, 1.54) is 36.9 Å². The van der Waals surface area contributed by atoms with Crippen LogP contribution in [0, 0.1) is 0 Å². The summed E-state index contributed by atoms with van der Waals surface area (Å²) < 4.78 is 46.5. The molecule has 0 radical (unpaired) electrons. The van der Waals surface area contributed by atoms with Crippen LogP contribution in [-0.4, -0.2) is 31.8 Å². The van der Waals surface area contributed by atoms with Crippen molar-refractivity contribution >= 4 is 12.1 Å². The van der Waals surface area contributed by atoms with Crippen molar-refractivity contribution in [1.29, 1.82) is 0 Å². The minimum absolute atomic E-state index is 0.197. The number of benzene rings is 1. The average Bonchev–Trinajstić information content (AvgIpc) is 3.14. The van der Waals surface area contributed by atoms with Crippen LogP contribution in [0.25, 0.3) is 0 Å². The molecule has 0 unspecified atom stereocenters. The van der Waals surface area contributed by atoms with Crippen LogP contribution in [0.3, 0.4) is 0 Å². The van der Waals surface area contributed by atoms with Crippen molar-refractivity contribution in [2.24, 2.45) is 0 Å². The van der Waals surface area contributed by atoms with Gasteiger partial charge in [0.1, 0.15) is 31.2 Å². The van der Waals surface area contributed by atoms with Crippen LogP contribution < -0.4 is 4.74 Å². The van der Waals surface area contributed by atoms with Crippen molar-refractivity contribution in [3.05, 3.63) is 65.9 Å². The number of carbonyl (C=O) groups excluding carboxylic acids is 2. The first-order chi connectivity index (χ1) is 12.9. The molecule has 3 aromatic rings. The number of ether oxygens (including phenoxy) is 1. The number of pyridine rings is 1. The molecule has 10 heteroatoms. The molecule has 0 N–H and O–H groups in total. The molecule has 7 nitrogen and oxygen atoms in total. The molecule has 0 aliphatic rings. The van der Waals surface area contributed by atoms with E-state index in [9.17, 15) is 22.8 Å². The predicted octanol–water partition coefficient (Wildman–Crippen LogP) is 3.18. The van der Waals surface area contributed by atoms with E-state index in [4.69, 9.17) is 4.74 Å². The summed E-state index contributed by atoms with van der Waals surface area (Å²) in [7, 11) is 0. The number of alkyl halides is 3. The van der Waals surface area contributed by atoms with E-state index in [-0.39, 0.29) is 11.6 Å². The second kappa shape index (κ2) is 7.36. The average molecular weight is 376 g/mol. The fraction of sp³-hybridized carbons (Fsp3) is 0.118. The van der Waals surface area contributed by atoms with Gasteiger partial charge in [-0.1, -0.05) is 0 Å². The van der Waals surface area contributed by atoms with Gasteiger partial charge < -0.3 is 4.74 Å². The van der Waals surface area contributed by atoms with Crippen LogP contribution in [0.1, 0.15) is 26.4 Å². The molecule has 0 fully saturated rings. The molecular formula is C17H11F3N4O3. The summed E-state index contributed by atoms with van der Waals surface area (Å²) in [5, 5.41) is 3.69. The van der Waals surface area contributed by atoms with Crippen LogP contribution in [0.15, 0.2) is 49.1 Å². The minimum atomic E-state index is -4.85. The van der Waals surface area contributed by atoms with Crippen molar-refractivity contribution < 1.29 is 27.5 Å². The molecule has 3 rings (SSSR count). The van der Waals surface area contributed by atoms with Gasteiger partial charge in [-0.15, -0.1) is 0 Å². The van der Waals surface area contributed by atoms with Gasteiger partial charge in [-0.3, -0.25) is 9.59 Å². The molecule has 2 heterocycles. The van der Waals surface area contributed by atoms with Gasteiger partial charge in [0.25, 0.3) is 0 Å². The smallest absolute Gasteiger partial charge is 0.434 e. The van der Waals surface area contributed by atoms with Crippen LogP contribution in [0.2, 0.25) is 0 Å². The summed E-state index contributed by atoms with van der Waals surface area (Å²) in [6, 6.07) is 7.90. The Bertz CT molecular complexity index is 955. The predicted molar refractivity (Wildman–Crippen MR) is 85.5 cm³/mol. The highest BCUT2D eigenvalue weighted by Crippen LogP contribution is 2.33. The zero-order valence-electron chi connectivity index (χ0n) is 13.6. The number of rotatable bonds is 6. The Morgan fingerprint density at radius 2 is 1.89 bits per heavy atom. The van der Waals surface area contributed by atoms with Crippen molar-refractivity contribution in [2.45, 2.75) is 12.7 Å². The quantitative estimate of drug-likeness (QED) is 0.485. The Balaban J connectivity index is 1.89. The van der Waals surface area contributed by atoms with E-state index in [1.54, 1.807) is 0 Å². The number of hydrogen-bond donors (Lipinski definition) is 0. The number of halogens is 3. The van der Waals surface area contributed by atoms with Crippen molar-refractivity contribution in [2.75, 3.05) is 0 Å². The summed E-state index contributed by atoms with van der Waals surface area (Å²) in [6.07, 6.45) is -1.84. The van der Waals surface area contributed by atoms with Crippen LogP contribution in [0.5, 0.6) is 11.6 Å². The van der Waals surface area contributed by atoms with E-state index >= 15 is 0 Å². The van der Waals surface area contributed by atoms with E-state index in [2.05, 4.69) is 15.1 Å². The third-order valence-electron chi connectivity index (χ3n) is 3.45. The van der Waals surface area contributed by atoms with E-state index in [0.29, 0.717) is 11.8 Å². The monoisotopic (exact) mass is 376 g/mol. The number of aromatic nitrogens is 4. The molecule has 138 valence electrons. The molecule has 0 amide bonds. The molecule has 0 saturated heterocycles. The summed E-state index contributed by atoms with van der Waals surface area (Å²) in [5.41, 5.74) is -1.56. The summed E-state index contributed by atoms with van der Waals surface area (Å²) in [4.78, 5) is 29.9. The molecular weight excluding hydrogens is 365 g/mol. The van der Waals surface area contributed by atoms with E-state index in [0.717, 1.165) is 16.8 Å². The van der Waals surface area contributed by atoms with Crippen molar-refractivity contribution in [1.82, 2.24) is 19.7 Å². The van der Waals surface area contributed by atoms with Crippen molar-refractivity contribution in [3.63, 3.8) is 0 Å². The first-order valence-corrected chi connectivity index (χ1v) is 7.54. The topological polar surface area (TPSA) is 87.0 Å². The standard InChI is InChI=1S/C17H11F3N4O3/c18-17(19,20)16-13(14(26)7-24-10-21-9-22-24)5-6-15(23-16)27-12-3-1-11(8-25)2-4-12/h1-6,8-10H,7H2. The molecule has 0 bridgehead atoms. The molecule has 1 aromatic carbocycles. The normalized spacial score (nSPS) is 11.2. The largest absolute Gasteiger partial charge is 0.439 e. The van der Waals surface area contributed by atoms with Crippen LogP contribution >= 0.6 is 0 Å². The third-order valence-corrected chi connectivity index (χ3v) is 3.45. The Morgan fingerprint density at radius 3 is 2.48 bits per heavy atom. The molecule has 0 aliphatic carbocycles. The number of Topliss-reactive ketones (excluding diaryl/α,β-unsaturated/α-hetero) is 1. The van der Waals surface area contributed by atoms with Gasteiger partial charge >= 0.3 is 6.18 Å². The van der Waals surface area contributed by atoms with Crippen molar-refractivity contribution in [3.8, 4) is 11.6 Å². The Kier molecular flexibility index (Phi) is 4.97. The molecule has 0 atom stereocenters. The number of aldehydes is 1. The number of carbonyl (C=O) groups is 2. The van der Waals surface area contributed by atoms with Crippen LogP contribution in [-0.2, 0) is 12.7 Å². The molecule has 2 aromatic heterocycles. The van der Waals surface area contributed by atoms with Gasteiger partial charge in [0.2, 0.25) is 5.88 Å². The first kappa shape index (κ1) is 18.2. The Hall–Kier alpha value is -3.56. The van der Waals surface area contributed by atoms with Gasteiger partial charge in [0.15, 0.2) is 11.5 Å². The second-order valence-corrected chi connectivity index (χ2v) is 5.35. The highest BCUT2D eigenvalue weighted by Gasteiger charge is 2.37. The fourth-order valence-electron chi connectivity index (χ4n) is 2.22. The third kappa shape index (κ3) is 4.35. The zero-order chi connectivity index (χ0) is 19.4. The summed E-state index contributed by atoms with van der Waals surface area (Å²) in [6.45, 7) is -0.405. The SMILES string of the molecule is O=Cc1ccc(Oc2ccc(C(=O)Cn3cncn3)c(C(F)(F)F)n2)cc1. The number of nitrogens with zero attached hydrogens (tertiary/aromatic N) is 4. The highest BCUT2D eigenvalue weighted by molar-refractivity contribution is 5.97. The lowest BCUT2D eigenvalue weighted by Gasteiger charge is -2.13. The van der Waals surface area contributed by atoms with E-state index < -0.39 is 29.8 Å². The maximum atomic E-state index is 13.4. The number of hydrogen-bond acceptors (Lipinski definition) is 6. The zero-order valence-corrected chi connectivity index (χ0v) is 13.6. The van der Waals surface area contributed by atoms with Gasteiger partial charge in [-0.05, 0) is 30.3 Å². The first-order valence-electron chi connectivity index (χ1n) is 7.54. The highest BCUT2D eigenvalue weighted by atomic mass is 19.4. The lowest BCUT2D eigenvalue weighted by atomic mass is 10.1. The molecule has 27 heavy (non-hydrogen) atoms. The Morgan fingerprint density at radius 1 is 1.15 bits per heavy atom. The fourth-order valence-corrected chi connectivity index (χ4v) is 2.22. The minimum Gasteiger partial charge on any atom is -0.439 e.